The Hall–Kier alpha value is -6.78. The lowest BCUT2D eigenvalue weighted by atomic mass is 10.0. The minimum Gasteiger partial charge on any atom is -0.456 e. The summed E-state index contributed by atoms with van der Waals surface area (Å²) in [7, 11) is 0. The number of fused-ring (bicyclic) bond motifs is 7. The van der Waals surface area contributed by atoms with E-state index in [0.717, 1.165) is 88.8 Å². The van der Waals surface area contributed by atoms with Crippen molar-refractivity contribution in [1.29, 1.82) is 0 Å². The maximum Gasteiger partial charge on any atom is 0.137 e. The second-order valence-corrected chi connectivity index (χ2v) is 12.6. The fourth-order valence-corrected chi connectivity index (χ4v) is 7.24. The van der Waals surface area contributed by atoms with Crippen molar-refractivity contribution in [3.8, 4) is 0 Å². The van der Waals surface area contributed by atoms with Crippen molar-refractivity contribution in [1.82, 2.24) is 0 Å². The predicted octanol–water partition coefficient (Wildman–Crippen LogP) is 13.6. The van der Waals surface area contributed by atoms with Crippen molar-refractivity contribution in [2.45, 2.75) is 0 Å². The van der Waals surface area contributed by atoms with Gasteiger partial charge in [0.15, 0.2) is 0 Å². The first kappa shape index (κ1) is 28.3. The number of para-hydroxylation sites is 4. The Labute approximate surface area is 288 Å². The van der Waals surface area contributed by atoms with E-state index in [1.54, 1.807) is 0 Å². The molecule has 0 bridgehead atoms. The van der Waals surface area contributed by atoms with Crippen LogP contribution in [0.15, 0.2) is 191 Å². The van der Waals surface area contributed by atoms with Crippen LogP contribution in [0.5, 0.6) is 0 Å². The molecule has 10 rings (SSSR count). The highest BCUT2D eigenvalue weighted by molar-refractivity contribution is 6.17. The maximum absolute atomic E-state index is 6.58. The number of hydrogen-bond donors (Lipinski definition) is 0. The highest BCUT2D eigenvalue weighted by Gasteiger charge is 2.18. The van der Waals surface area contributed by atoms with Gasteiger partial charge in [0.1, 0.15) is 22.3 Å². The van der Waals surface area contributed by atoms with Gasteiger partial charge in [0, 0.05) is 61.7 Å². The molecule has 0 aliphatic rings. The molecule has 236 valence electrons. The molecular formula is C46H30N2O2. The fourth-order valence-electron chi connectivity index (χ4n) is 7.24. The van der Waals surface area contributed by atoms with Gasteiger partial charge in [-0.05, 0) is 108 Å². The van der Waals surface area contributed by atoms with Crippen molar-refractivity contribution >= 4 is 88.8 Å². The van der Waals surface area contributed by atoms with E-state index in [4.69, 9.17) is 8.83 Å². The molecule has 0 atom stereocenters. The molecule has 0 radical (unpaired) electrons. The average molecular weight is 643 g/mol. The number of anilines is 6. The summed E-state index contributed by atoms with van der Waals surface area (Å²) < 4.78 is 13.2. The van der Waals surface area contributed by atoms with Crippen LogP contribution in [0.4, 0.5) is 34.1 Å². The van der Waals surface area contributed by atoms with Crippen LogP contribution in [-0.2, 0) is 0 Å². The third kappa shape index (κ3) is 4.69. The lowest BCUT2D eigenvalue weighted by Crippen LogP contribution is -2.09. The first-order chi connectivity index (χ1) is 24.8. The van der Waals surface area contributed by atoms with Crippen molar-refractivity contribution in [2.24, 2.45) is 0 Å². The summed E-state index contributed by atoms with van der Waals surface area (Å²) in [6.07, 6.45) is 0. The van der Waals surface area contributed by atoms with Crippen LogP contribution in [0.2, 0.25) is 0 Å². The molecule has 0 fully saturated rings. The Bertz CT molecular complexity index is 2640. The topological polar surface area (TPSA) is 32.8 Å². The third-order valence-corrected chi connectivity index (χ3v) is 9.56. The lowest BCUT2D eigenvalue weighted by Gasteiger charge is -2.25. The van der Waals surface area contributed by atoms with E-state index in [2.05, 4.69) is 168 Å². The van der Waals surface area contributed by atoms with Crippen LogP contribution in [0.1, 0.15) is 0 Å². The van der Waals surface area contributed by atoms with E-state index in [1.807, 2.05) is 24.3 Å². The first-order valence-corrected chi connectivity index (χ1v) is 16.8. The van der Waals surface area contributed by atoms with Gasteiger partial charge < -0.3 is 18.6 Å². The van der Waals surface area contributed by atoms with Gasteiger partial charge in [-0.25, -0.2) is 0 Å². The van der Waals surface area contributed by atoms with Gasteiger partial charge in [-0.3, -0.25) is 0 Å². The number of hydrogen-bond acceptors (Lipinski definition) is 4. The molecule has 0 unspecified atom stereocenters. The normalized spacial score (nSPS) is 11.6. The average Bonchev–Trinajstić information content (AvgIpc) is 3.71. The van der Waals surface area contributed by atoms with Crippen molar-refractivity contribution in [3.05, 3.63) is 182 Å². The molecule has 0 amide bonds. The summed E-state index contributed by atoms with van der Waals surface area (Å²) in [5.74, 6) is 0. The number of rotatable bonds is 6. The van der Waals surface area contributed by atoms with Gasteiger partial charge >= 0.3 is 0 Å². The molecule has 0 saturated heterocycles. The molecule has 0 aliphatic heterocycles. The highest BCUT2D eigenvalue weighted by atomic mass is 16.3. The van der Waals surface area contributed by atoms with E-state index in [0.29, 0.717) is 0 Å². The molecule has 4 heteroatoms. The van der Waals surface area contributed by atoms with Crippen LogP contribution < -0.4 is 9.80 Å². The molecule has 0 aliphatic carbocycles. The number of benzene rings is 8. The molecule has 0 spiro atoms. The lowest BCUT2D eigenvalue weighted by molar-refractivity contribution is 0.664. The number of furan rings is 2. The second kappa shape index (κ2) is 11.4. The first-order valence-electron chi connectivity index (χ1n) is 16.8. The molecular weight excluding hydrogens is 613 g/mol. The zero-order valence-corrected chi connectivity index (χ0v) is 27.0. The van der Waals surface area contributed by atoms with Crippen LogP contribution in [0, 0.1) is 0 Å². The summed E-state index contributed by atoms with van der Waals surface area (Å²) in [5, 5.41) is 6.49. The van der Waals surface area contributed by atoms with Gasteiger partial charge in [0.05, 0.1) is 0 Å². The van der Waals surface area contributed by atoms with Gasteiger partial charge in [0.2, 0.25) is 0 Å². The SMILES string of the molecule is c1ccc(N(c2ccccc2)c2ccc3cc4c(cc3c2)oc2cc3c(cc24)oc2cc(N(c4ccccc4)c4ccccc4)ccc23)cc1. The Kier molecular flexibility index (Phi) is 6.46. The summed E-state index contributed by atoms with van der Waals surface area (Å²) in [5.41, 5.74) is 9.90. The molecule has 2 heterocycles. The Morgan fingerprint density at radius 3 is 1.18 bits per heavy atom. The second-order valence-electron chi connectivity index (χ2n) is 12.6. The van der Waals surface area contributed by atoms with Crippen LogP contribution in [0.25, 0.3) is 54.6 Å². The summed E-state index contributed by atoms with van der Waals surface area (Å²) >= 11 is 0. The summed E-state index contributed by atoms with van der Waals surface area (Å²) in [6.45, 7) is 0. The molecule has 0 N–H and O–H groups in total. The van der Waals surface area contributed by atoms with Gasteiger partial charge in [0.25, 0.3) is 0 Å². The van der Waals surface area contributed by atoms with Crippen molar-refractivity contribution in [2.75, 3.05) is 9.80 Å². The highest BCUT2D eigenvalue weighted by Crippen LogP contribution is 2.42. The van der Waals surface area contributed by atoms with Gasteiger partial charge in [-0.1, -0.05) is 78.9 Å². The van der Waals surface area contributed by atoms with Crippen molar-refractivity contribution < 1.29 is 8.83 Å². The Balaban J connectivity index is 1.08. The van der Waals surface area contributed by atoms with E-state index < -0.39 is 0 Å². The molecule has 0 saturated carbocycles. The van der Waals surface area contributed by atoms with E-state index >= 15 is 0 Å². The van der Waals surface area contributed by atoms with Crippen molar-refractivity contribution in [3.63, 3.8) is 0 Å². The molecule has 4 nitrogen and oxygen atoms in total. The monoisotopic (exact) mass is 642 g/mol. The zero-order chi connectivity index (χ0) is 33.0. The quantitative estimate of drug-likeness (QED) is 0.181. The minimum absolute atomic E-state index is 0.839. The minimum atomic E-state index is 0.839. The zero-order valence-electron chi connectivity index (χ0n) is 27.0. The van der Waals surface area contributed by atoms with E-state index in [-0.39, 0.29) is 0 Å². The van der Waals surface area contributed by atoms with E-state index in [9.17, 15) is 0 Å². The van der Waals surface area contributed by atoms with Crippen LogP contribution in [0.3, 0.4) is 0 Å². The molecule has 2 aromatic heterocycles. The maximum atomic E-state index is 6.58. The summed E-state index contributed by atoms with van der Waals surface area (Å²) in [4.78, 5) is 4.54. The largest absolute Gasteiger partial charge is 0.456 e. The van der Waals surface area contributed by atoms with Gasteiger partial charge in [-0.15, -0.1) is 0 Å². The Morgan fingerprint density at radius 1 is 0.260 bits per heavy atom. The molecule has 50 heavy (non-hydrogen) atoms. The van der Waals surface area contributed by atoms with Crippen LogP contribution in [-0.4, -0.2) is 0 Å². The third-order valence-electron chi connectivity index (χ3n) is 9.56. The van der Waals surface area contributed by atoms with Gasteiger partial charge in [-0.2, -0.15) is 0 Å². The van der Waals surface area contributed by atoms with Crippen LogP contribution >= 0.6 is 0 Å². The molecule has 10 aromatic rings. The standard InChI is InChI=1S/C46H30N2O2/c1-5-13-33(14-6-1)47(34-15-7-2-8-16-34)37-22-21-31-26-40-42-30-45-41(29-46(42)49-43(40)27-32(31)25-37)39-24-23-38(28-44(39)50-45)48(35-17-9-3-10-18-35)36-19-11-4-12-20-36/h1-30H. The fraction of sp³-hybridized carbons (Fsp3) is 0. The number of nitrogens with zero attached hydrogens (tertiary/aromatic N) is 2. The smallest absolute Gasteiger partial charge is 0.137 e. The van der Waals surface area contributed by atoms with E-state index in [1.165, 1.54) is 0 Å². The Morgan fingerprint density at radius 2 is 0.660 bits per heavy atom. The predicted molar refractivity (Wildman–Crippen MR) is 208 cm³/mol. The molecule has 8 aromatic carbocycles. The summed E-state index contributed by atoms with van der Waals surface area (Å²) in [6, 6.07) is 63.6.